The number of rotatable bonds is 11. The summed E-state index contributed by atoms with van der Waals surface area (Å²) in [7, 11) is 0. The molecule has 0 amide bonds. The van der Waals surface area contributed by atoms with E-state index in [1.54, 1.807) is 26.0 Å². The highest BCUT2D eigenvalue weighted by Gasteiger charge is 2.99. The second-order valence-electron chi connectivity index (χ2n) is 15.3. The molecule has 10 nitrogen and oxygen atoms in total. The molecule has 5 N–H and O–H groups in total. The van der Waals surface area contributed by atoms with Gasteiger partial charge in [0.15, 0.2) is 17.0 Å². The van der Waals surface area contributed by atoms with Crippen molar-refractivity contribution in [2.24, 2.45) is 40.4 Å². The first kappa shape index (κ1) is 35.0. The maximum atomic E-state index is 13.5. The molecule has 5 rings (SSSR count). The van der Waals surface area contributed by atoms with Crippen molar-refractivity contribution in [1.82, 2.24) is 0 Å². The second-order valence-corrected chi connectivity index (χ2v) is 15.3. The van der Waals surface area contributed by atoms with Crippen molar-refractivity contribution >= 4 is 17.7 Å². The van der Waals surface area contributed by atoms with Crippen molar-refractivity contribution < 1.29 is 49.4 Å². The van der Waals surface area contributed by atoms with Gasteiger partial charge >= 0.3 is 11.9 Å². The number of hydrogen-bond acceptors (Lipinski definition) is 10. The molecule has 0 aromatic rings. The molecule has 12 unspecified atom stereocenters. The zero-order valence-electron chi connectivity index (χ0n) is 28.2. The Bertz CT molecular complexity index is 1370. The summed E-state index contributed by atoms with van der Waals surface area (Å²) in [6, 6.07) is 0. The summed E-state index contributed by atoms with van der Waals surface area (Å²) in [6.45, 7) is 11.6. The number of Topliss-reactive ketones (excluding diaryl/α,β-unsaturated/α-hetero) is 1. The predicted molar refractivity (Wildman–Crippen MR) is 168 cm³/mol. The molecule has 5 aliphatic carbocycles. The number of carbonyl (C=O) groups is 3. The summed E-state index contributed by atoms with van der Waals surface area (Å²) in [5.41, 5.74) is -10.6. The van der Waals surface area contributed by atoms with Crippen LogP contribution in [0.25, 0.3) is 0 Å². The Morgan fingerprint density at radius 3 is 2.41 bits per heavy atom. The summed E-state index contributed by atoms with van der Waals surface area (Å²) in [5.74, 6) is -6.69. The molecule has 1 spiro atoms. The van der Waals surface area contributed by atoms with Crippen LogP contribution in [0.1, 0.15) is 87.0 Å². The standard InChI is InChI=1S/C36H52O10/c1-8-10-11-12-13-14-15-16-25(38)45-27-22(5)35(44)23-17-21(4)26(39)34(23,43)30(41)33(42,19-37)24-18-32(24,35)29-31(6,7)36(27,29)46-28(40)20(3)9-2/h13-17,20,22-24,27,29-30,37,41-44H,8-12,18-19H2,1-7H3/b14-13+,16-15+. The van der Waals surface area contributed by atoms with Crippen molar-refractivity contribution in [1.29, 1.82) is 0 Å². The van der Waals surface area contributed by atoms with Gasteiger partial charge in [0.25, 0.3) is 0 Å². The maximum Gasteiger partial charge on any atom is 0.331 e. The van der Waals surface area contributed by atoms with E-state index in [2.05, 4.69) is 6.92 Å². The van der Waals surface area contributed by atoms with Gasteiger partial charge in [-0.1, -0.05) is 78.7 Å². The van der Waals surface area contributed by atoms with Gasteiger partial charge in [-0.2, -0.15) is 0 Å². The summed E-state index contributed by atoms with van der Waals surface area (Å²) < 4.78 is 12.6. The largest absolute Gasteiger partial charge is 0.455 e. The Morgan fingerprint density at radius 1 is 1.13 bits per heavy atom. The lowest BCUT2D eigenvalue weighted by molar-refractivity contribution is -0.247. The molecule has 4 saturated carbocycles. The minimum Gasteiger partial charge on any atom is -0.455 e. The third kappa shape index (κ3) is 4.22. The van der Waals surface area contributed by atoms with E-state index in [-0.39, 0.29) is 12.0 Å². The maximum absolute atomic E-state index is 13.5. The van der Waals surface area contributed by atoms with Crippen molar-refractivity contribution in [3.8, 4) is 0 Å². The zero-order chi connectivity index (χ0) is 34.3. The van der Waals surface area contributed by atoms with Crippen molar-refractivity contribution in [3.63, 3.8) is 0 Å². The fraction of sp³-hybridized carbons (Fsp3) is 0.750. The lowest BCUT2D eigenvalue weighted by Crippen LogP contribution is -2.70. The highest BCUT2D eigenvalue weighted by Crippen LogP contribution is 2.89. The topological polar surface area (TPSA) is 171 Å². The fourth-order valence-electron chi connectivity index (χ4n) is 10.1. The molecule has 4 fully saturated rings. The lowest BCUT2D eigenvalue weighted by atomic mass is 9.56. The Morgan fingerprint density at radius 2 is 1.80 bits per heavy atom. The molecule has 256 valence electrons. The van der Waals surface area contributed by atoms with Gasteiger partial charge in [-0.25, -0.2) is 4.79 Å². The molecule has 0 radical (unpaired) electrons. The third-order valence-electron chi connectivity index (χ3n) is 12.7. The number of aliphatic hydroxyl groups excluding tert-OH is 2. The van der Waals surface area contributed by atoms with E-state index in [1.807, 2.05) is 26.8 Å². The van der Waals surface area contributed by atoms with E-state index in [0.717, 1.165) is 25.7 Å². The average Bonchev–Trinajstić information content (AvgIpc) is 3.86. The molecule has 0 aromatic heterocycles. The molecule has 0 saturated heterocycles. The van der Waals surface area contributed by atoms with E-state index in [1.165, 1.54) is 19.1 Å². The van der Waals surface area contributed by atoms with Crippen molar-refractivity contribution in [3.05, 3.63) is 36.0 Å². The molecule has 5 aliphatic rings. The van der Waals surface area contributed by atoms with E-state index in [0.29, 0.717) is 6.42 Å². The summed E-state index contributed by atoms with van der Waals surface area (Å²) in [5, 5.41) is 59.3. The fourth-order valence-corrected chi connectivity index (χ4v) is 10.1. The smallest absolute Gasteiger partial charge is 0.331 e. The lowest BCUT2D eigenvalue weighted by Gasteiger charge is -2.55. The monoisotopic (exact) mass is 644 g/mol. The van der Waals surface area contributed by atoms with Gasteiger partial charge in [-0.05, 0) is 38.2 Å². The van der Waals surface area contributed by atoms with Crippen LogP contribution in [0.4, 0.5) is 0 Å². The van der Waals surface area contributed by atoms with Gasteiger partial charge in [-0.3, -0.25) is 9.59 Å². The van der Waals surface area contributed by atoms with Crippen LogP contribution >= 0.6 is 0 Å². The minimum atomic E-state index is -2.66. The SMILES string of the molecule is CCCCC/C=C/C=C/C(=O)OC1C(C)C2(O)C3C=C(C)C(=O)C3(O)C(O)C(O)(CO)C3CC32C2C(C)(C)C12OC(=O)C(C)CC. The molecular weight excluding hydrogens is 592 g/mol. The van der Waals surface area contributed by atoms with Crippen LogP contribution in [0.5, 0.6) is 0 Å². The summed E-state index contributed by atoms with van der Waals surface area (Å²) in [6.07, 6.45) is 9.40. The van der Waals surface area contributed by atoms with Crippen LogP contribution in [-0.4, -0.2) is 84.5 Å². The van der Waals surface area contributed by atoms with Crippen molar-refractivity contribution in [2.75, 3.05) is 6.61 Å². The van der Waals surface area contributed by atoms with Gasteiger partial charge in [0, 0.05) is 40.6 Å². The van der Waals surface area contributed by atoms with E-state index in [4.69, 9.17) is 9.47 Å². The van der Waals surface area contributed by atoms with Crippen LogP contribution in [0.3, 0.4) is 0 Å². The molecule has 0 aliphatic heterocycles. The first-order valence-electron chi connectivity index (χ1n) is 16.9. The third-order valence-corrected chi connectivity index (χ3v) is 12.7. The number of unbranched alkanes of at least 4 members (excludes halogenated alkanes) is 3. The number of aliphatic hydroxyl groups is 5. The van der Waals surface area contributed by atoms with Crippen LogP contribution < -0.4 is 0 Å². The minimum absolute atomic E-state index is 0.0963. The first-order chi connectivity index (χ1) is 21.5. The molecule has 0 heterocycles. The average molecular weight is 645 g/mol. The quantitative estimate of drug-likeness (QED) is 0.0975. The number of esters is 2. The first-order valence-corrected chi connectivity index (χ1v) is 16.9. The molecule has 12 atom stereocenters. The molecule has 10 heteroatoms. The van der Waals surface area contributed by atoms with Gasteiger partial charge in [0.2, 0.25) is 0 Å². The molecule has 46 heavy (non-hydrogen) atoms. The van der Waals surface area contributed by atoms with Gasteiger partial charge in [-0.15, -0.1) is 0 Å². The molecule has 0 aromatic carbocycles. The molecular formula is C36H52O10. The summed E-state index contributed by atoms with van der Waals surface area (Å²) in [4.78, 5) is 40.5. The number of ketones is 1. The van der Waals surface area contributed by atoms with E-state index in [9.17, 15) is 39.9 Å². The second kappa shape index (κ2) is 11.4. The Kier molecular flexibility index (Phi) is 8.63. The number of hydrogen-bond donors (Lipinski definition) is 5. The Hall–Kier alpha value is -2.37. The highest BCUT2D eigenvalue weighted by atomic mass is 16.6. The van der Waals surface area contributed by atoms with Crippen LogP contribution in [-0.2, 0) is 23.9 Å². The van der Waals surface area contributed by atoms with Gasteiger partial charge in [0.1, 0.15) is 17.8 Å². The van der Waals surface area contributed by atoms with E-state index < -0.39 is 99.4 Å². The van der Waals surface area contributed by atoms with E-state index >= 15 is 0 Å². The van der Waals surface area contributed by atoms with Gasteiger partial charge in [0.05, 0.1) is 18.1 Å². The van der Waals surface area contributed by atoms with Gasteiger partial charge < -0.3 is 35.0 Å². The number of carbonyl (C=O) groups excluding carboxylic acids is 3. The number of allylic oxidation sites excluding steroid dienone is 3. The zero-order valence-corrected chi connectivity index (χ0v) is 28.2. The highest BCUT2D eigenvalue weighted by molar-refractivity contribution is 6.05. The Balaban J connectivity index is 1.64. The van der Waals surface area contributed by atoms with Crippen LogP contribution in [0, 0.1) is 40.4 Å². The molecule has 0 bridgehead atoms. The normalized spacial score (nSPS) is 45.7. The predicted octanol–water partition coefficient (Wildman–Crippen LogP) is 2.94. The number of ether oxygens (including phenoxy) is 2. The summed E-state index contributed by atoms with van der Waals surface area (Å²) >= 11 is 0. The van der Waals surface area contributed by atoms with Crippen LogP contribution in [0.15, 0.2) is 36.0 Å². The van der Waals surface area contributed by atoms with Crippen molar-refractivity contribution in [2.45, 2.75) is 122 Å². The Labute approximate surface area is 271 Å². The number of fused-ring (bicyclic) bond motifs is 3. The van der Waals surface area contributed by atoms with Crippen LogP contribution in [0.2, 0.25) is 0 Å².